The van der Waals surface area contributed by atoms with Crippen LogP contribution < -0.4 is 10.6 Å². The van der Waals surface area contributed by atoms with E-state index in [-0.39, 0.29) is 0 Å². The average molecular weight is 251 g/mol. The molecule has 0 spiro atoms. The van der Waals surface area contributed by atoms with Gasteiger partial charge in [-0.3, -0.25) is 4.99 Å². The first-order valence-electron chi connectivity index (χ1n) is 7.75. The summed E-state index contributed by atoms with van der Waals surface area (Å²) in [6.45, 7) is 4.43. The predicted octanol–water partition coefficient (Wildman–Crippen LogP) is 2.92. The topological polar surface area (TPSA) is 36.4 Å². The van der Waals surface area contributed by atoms with Crippen LogP contribution in [0.15, 0.2) is 4.99 Å². The van der Waals surface area contributed by atoms with Crippen LogP contribution in [0.3, 0.4) is 0 Å². The van der Waals surface area contributed by atoms with Gasteiger partial charge in [-0.05, 0) is 43.4 Å². The third-order valence-electron chi connectivity index (χ3n) is 4.49. The van der Waals surface area contributed by atoms with Crippen molar-refractivity contribution >= 4 is 5.96 Å². The molecule has 2 fully saturated rings. The van der Waals surface area contributed by atoms with Gasteiger partial charge in [0.1, 0.15) is 0 Å². The Morgan fingerprint density at radius 1 is 1.17 bits per heavy atom. The first-order chi connectivity index (χ1) is 8.80. The molecule has 2 aliphatic rings. The van der Waals surface area contributed by atoms with Crippen molar-refractivity contribution in [2.75, 3.05) is 20.1 Å². The van der Waals surface area contributed by atoms with Crippen LogP contribution in [-0.2, 0) is 0 Å². The summed E-state index contributed by atoms with van der Waals surface area (Å²) in [5.41, 5.74) is 0.653. The number of rotatable bonds is 8. The van der Waals surface area contributed by atoms with Gasteiger partial charge in [0.2, 0.25) is 0 Å². The molecule has 0 bridgehead atoms. The second kappa shape index (κ2) is 6.44. The number of hydrogen-bond acceptors (Lipinski definition) is 1. The van der Waals surface area contributed by atoms with Crippen LogP contribution in [0.25, 0.3) is 0 Å². The number of aliphatic imine (C=N–C) groups is 1. The van der Waals surface area contributed by atoms with Crippen LogP contribution in [0.2, 0.25) is 0 Å². The number of unbranched alkanes of at least 4 members (excludes halogenated alkanes) is 3. The van der Waals surface area contributed by atoms with Gasteiger partial charge in [-0.1, -0.05) is 26.2 Å². The molecule has 0 heterocycles. The Kier molecular flexibility index (Phi) is 4.90. The minimum Gasteiger partial charge on any atom is -0.356 e. The molecule has 0 radical (unpaired) electrons. The first kappa shape index (κ1) is 13.7. The largest absolute Gasteiger partial charge is 0.356 e. The maximum atomic E-state index is 4.31. The molecular formula is C15H29N3. The molecule has 0 atom stereocenters. The van der Waals surface area contributed by atoms with E-state index in [9.17, 15) is 0 Å². The highest BCUT2D eigenvalue weighted by molar-refractivity contribution is 5.79. The minimum absolute atomic E-state index is 0.653. The van der Waals surface area contributed by atoms with Crippen LogP contribution in [0, 0.1) is 11.3 Å². The fraction of sp³-hybridized carbons (Fsp3) is 0.933. The van der Waals surface area contributed by atoms with E-state index in [1.165, 1.54) is 51.4 Å². The van der Waals surface area contributed by atoms with E-state index in [0.717, 1.165) is 25.0 Å². The van der Waals surface area contributed by atoms with E-state index in [1.807, 2.05) is 7.05 Å². The number of nitrogens with one attached hydrogen (secondary N) is 2. The molecule has 0 amide bonds. The summed E-state index contributed by atoms with van der Waals surface area (Å²) in [4.78, 5) is 4.31. The molecule has 3 heteroatoms. The van der Waals surface area contributed by atoms with E-state index in [4.69, 9.17) is 0 Å². The van der Waals surface area contributed by atoms with Crippen molar-refractivity contribution in [3.05, 3.63) is 0 Å². The molecule has 18 heavy (non-hydrogen) atoms. The van der Waals surface area contributed by atoms with Gasteiger partial charge in [0.15, 0.2) is 5.96 Å². The smallest absolute Gasteiger partial charge is 0.190 e. The summed E-state index contributed by atoms with van der Waals surface area (Å²) in [6, 6.07) is 0. The van der Waals surface area contributed by atoms with Crippen LogP contribution in [0.5, 0.6) is 0 Å². The summed E-state index contributed by atoms with van der Waals surface area (Å²) in [7, 11) is 1.87. The molecule has 0 aromatic carbocycles. The molecule has 0 aromatic rings. The van der Waals surface area contributed by atoms with Crippen molar-refractivity contribution in [1.29, 1.82) is 0 Å². The second-order valence-corrected chi connectivity index (χ2v) is 6.05. The third kappa shape index (κ3) is 3.89. The summed E-state index contributed by atoms with van der Waals surface area (Å²) in [6.07, 6.45) is 11.0. The van der Waals surface area contributed by atoms with Crippen molar-refractivity contribution in [2.45, 2.75) is 58.3 Å². The Morgan fingerprint density at radius 2 is 1.94 bits per heavy atom. The Balaban J connectivity index is 1.58. The minimum atomic E-state index is 0.653. The molecule has 0 unspecified atom stereocenters. The van der Waals surface area contributed by atoms with Gasteiger partial charge >= 0.3 is 0 Å². The monoisotopic (exact) mass is 251 g/mol. The Hall–Kier alpha value is -0.730. The van der Waals surface area contributed by atoms with E-state index in [0.29, 0.717) is 5.41 Å². The lowest BCUT2D eigenvalue weighted by Gasteiger charge is -2.18. The standard InChI is InChI=1S/C15H29N3/c1-3-4-5-6-11-17-14(16-2)18-12-15(9-10-15)13-7-8-13/h13H,3-12H2,1-2H3,(H2,16,17,18). The SMILES string of the molecule is CCCCCCNC(=NC)NCC1(C2CC2)CC1. The van der Waals surface area contributed by atoms with Gasteiger partial charge in [0.05, 0.1) is 0 Å². The lowest BCUT2D eigenvalue weighted by atomic mass is 10.0. The van der Waals surface area contributed by atoms with Crippen molar-refractivity contribution in [2.24, 2.45) is 16.3 Å². The average Bonchev–Trinajstić information content (AvgIpc) is 3.25. The molecular weight excluding hydrogens is 222 g/mol. The summed E-state index contributed by atoms with van der Waals surface area (Å²) in [5, 5.41) is 6.95. The zero-order valence-corrected chi connectivity index (χ0v) is 12.1. The Morgan fingerprint density at radius 3 is 2.50 bits per heavy atom. The first-order valence-corrected chi connectivity index (χ1v) is 7.75. The normalized spacial score (nSPS) is 21.8. The highest BCUT2D eigenvalue weighted by Gasteiger charge is 2.53. The van der Waals surface area contributed by atoms with Crippen LogP contribution in [0.1, 0.15) is 58.3 Å². The summed E-state index contributed by atoms with van der Waals surface area (Å²) in [5.74, 6) is 2.02. The van der Waals surface area contributed by atoms with Crippen molar-refractivity contribution in [3.63, 3.8) is 0 Å². The Bertz CT molecular complexity index is 277. The van der Waals surface area contributed by atoms with Crippen LogP contribution >= 0.6 is 0 Å². The van der Waals surface area contributed by atoms with E-state index < -0.39 is 0 Å². The zero-order valence-electron chi connectivity index (χ0n) is 12.1. The summed E-state index contributed by atoms with van der Waals surface area (Å²) < 4.78 is 0. The molecule has 2 aliphatic carbocycles. The quantitative estimate of drug-likeness (QED) is 0.395. The van der Waals surface area contributed by atoms with Gasteiger partial charge in [-0.25, -0.2) is 0 Å². The molecule has 2 rings (SSSR count). The van der Waals surface area contributed by atoms with Crippen LogP contribution in [-0.4, -0.2) is 26.1 Å². The fourth-order valence-electron chi connectivity index (χ4n) is 2.82. The van der Waals surface area contributed by atoms with Gasteiger partial charge in [0.25, 0.3) is 0 Å². The predicted molar refractivity (Wildman–Crippen MR) is 77.9 cm³/mol. The second-order valence-electron chi connectivity index (χ2n) is 6.05. The molecule has 2 N–H and O–H groups in total. The number of nitrogens with zero attached hydrogens (tertiary/aromatic N) is 1. The molecule has 2 saturated carbocycles. The lowest BCUT2D eigenvalue weighted by Crippen LogP contribution is -2.41. The molecule has 0 aromatic heterocycles. The molecule has 104 valence electrons. The third-order valence-corrected chi connectivity index (χ3v) is 4.49. The highest BCUT2D eigenvalue weighted by Crippen LogP contribution is 2.60. The Labute approximate surface area is 112 Å². The summed E-state index contributed by atoms with van der Waals surface area (Å²) >= 11 is 0. The molecule has 0 saturated heterocycles. The van der Waals surface area contributed by atoms with Crippen LogP contribution in [0.4, 0.5) is 0 Å². The van der Waals surface area contributed by atoms with E-state index in [1.54, 1.807) is 0 Å². The van der Waals surface area contributed by atoms with Crippen molar-refractivity contribution in [1.82, 2.24) is 10.6 Å². The van der Waals surface area contributed by atoms with E-state index >= 15 is 0 Å². The fourth-order valence-corrected chi connectivity index (χ4v) is 2.82. The maximum absolute atomic E-state index is 4.31. The zero-order chi connectivity index (χ0) is 12.8. The van der Waals surface area contributed by atoms with E-state index in [2.05, 4.69) is 22.5 Å². The van der Waals surface area contributed by atoms with Gasteiger partial charge in [0, 0.05) is 20.1 Å². The van der Waals surface area contributed by atoms with Gasteiger partial charge in [-0.2, -0.15) is 0 Å². The number of hydrogen-bond donors (Lipinski definition) is 2. The number of guanidine groups is 1. The molecule has 0 aliphatic heterocycles. The highest BCUT2D eigenvalue weighted by atomic mass is 15.2. The maximum Gasteiger partial charge on any atom is 0.190 e. The van der Waals surface area contributed by atoms with Crippen molar-refractivity contribution in [3.8, 4) is 0 Å². The molecule has 3 nitrogen and oxygen atoms in total. The lowest BCUT2D eigenvalue weighted by molar-refractivity contribution is 0.431. The van der Waals surface area contributed by atoms with Gasteiger partial charge in [-0.15, -0.1) is 0 Å². The van der Waals surface area contributed by atoms with Gasteiger partial charge < -0.3 is 10.6 Å². The van der Waals surface area contributed by atoms with Crippen molar-refractivity contribution < 1.29 is 0 Å².